The molecule has 12 heteroatoms. The number of methoxy groups -OCH3 is 3. The van der Waals surface area contributed by atoms with Crippen LogP contribution < -0.4 is 29.8 Å². The summed E-state index contributed by atoms with van der Waals surface area (Å²) in [4.78, 5) is 29.5. The van der Waals surface area contributed by atoms with E-state index in [1.165, 1.54) is 38.3 Å². The fourth-order valence-electron chi connectivity index (χ4n) is 3.34. The molecule has 3 aromatic rings. The van der Waals surface area contributed by atoms with Crippen molar-refractivity contribution < 1.29 is 27.4 Å². The maximum Gasteiger partial charge on any atom is 0.261 e. The van der Waals surface area contributed by atoms with Crippen LogP contribution in [0.3, 0.4) is 0 Å². The number of aromatic nitrogens is 2. The molecule has 0 atom stereocenters. The Kier molecular flexibility index (Phi) is 7.61. The third-order valence-electron chi connectivity index (χ3n) is 4.91. The number of aryl methyl sites for hydroxylation is 1. The molecule has 0 aliphatic rings. The average molecular weight is 491 g/mol. The SMILES string of the molecule is COc1ccc(NC(=O)CCCn2cnc3cc(OC)c(OC)cc3c2=O)cc1NS(C)(=O)=O. The number of carbonyl (C=O) groups excluding carboxylic acids is 1. The van der Waals surface area contributed by atoms with Crippen molar-refractivity contribution in [2.24, 2.45) is 0 Å². The lowest BCUT2D eigenvalue weighted by molar-refractivity contribution is -0.116. The summed E-state index contributed by atoms with van der Waals surface area (Å²) < 4.78 is 42.5. The Balaban J connectivity index is 1.66. The minimum atomic E-state index is -3.52. The lowest BCUT2D eigenvalue weighted by Crippen LogP contribution is -2.22. The Morgan fingerprint density at radius 3 is 2.35 bits per heavy atom. The highest BCUT2D eigenvalue weighted by Crippen LogP contribution is 2.30. The van der Waals surface area contributed by atoms with Gasteiger partial charge in [-0.05, 0) is 30.7 Å². The molecule has 0 fully saturated rings. The minimum Gasteiger partial charge on any atom is -0.495 e. The smallest absolute Gasteiger partial charge is 0.261 e. The first-order valence-electron chi connectivity index (χ1n) is 10.2. The van der Waals surface area contributed by atoms with Crippen molar-refractivity contribution in [2.75, 3.05) is 37.6 Å². The number of fused-ring (bicyclic) bond motifs is 1. The molecule has 1 amide bonds. The molecule has 0 aliphatic heterocycles. The van der Waals surface area contributed by atoms with E-state index in [0.717, 1.165) is 6.26 Å². The molecule has 2 aromatic carbocycles. The van der Waals surface area contributed by atoms with Gasteiger partial charge in [0, 0.05) is 24.7 Å². The van der Waals surface area contributed by atoms with Crippen molar-refractivity contribution in [3.63, 3.8) is 0 Å². The van der Waals surface area contributed by atoms with Crippen LogP contribution in [0.25, 0.3) is 10.9 Å². The highest BCUT2D eigenvalue weighted by atomic mass is 32.2. The molecule has 0 radical (unpaired) electrons. The number of hydrogen-bond donors (Lipinski definition) is 2. The summed E-state index contributed by atoms with van der Waals surface area (Å²) in [6.45, 7) is 0.285. The predicted molar refractivity (Wildman–Crippen MR) is 128 cm³/mol. The zero-order chi connectivity index (χ0) is 24.9. The van der Waals surface area contributed by atoms with E-state index in [2.05, 4.69) is 15.0 Å². The van der Waals surface area contributed by atoms with Gasteiger partial charge in [-0.2, -0.15) is 0 Å². The van der Waals surface area contributed by atoms with Crippen LogP contribution in [0, 0.1) is 0 Å². The summed E-state index contributed by atoms with van der Waals surface area (Å²) in [7, 11) is 0.881. The molecule has 0 aliphatic carbocycles. The van der Waals surface area contributed by atoms with Crippen LogP contribution in [0.5, 0.6) is 17.2 Å². The number of hydrogen-bond acceptors (Lipinski definition) is 8. The number of benzene rings is 2. The molecule has 0 bridgehead atoms. The summed E-state index contributed by atoms with van der Waals surface area (Å²) in [6.07, 6.45) is 2.98. The van der Waals surface area contributed by atoms with Gasteiger partial charge in [-0.3, -0.25) is 18.9 Å². The second kappa shape index (κ2) is 10.4. The van der Waals surface area contributed by atoms with E-state index in [0.29, 0.717) is 40.3 Å². The van der Waals surface area contributed by atoms with Gasteiger partial charge in [0.2, 0.25) is 15.9 Å². The topological polar surface area (TPSA) is 138 Å². The highest BCUT2D eigenvalue weighted by Gasteiger charge is 2.13. The lowest BCUT2D eigenvalue weighted by Gasteiger charge is -2.13. The Labute approximate surface area is 196 Å². The normalized spacial score (nSPS) is 11.2. The predicted octanol–water partition coefficient (Wildman–Crippen LogP) is 2.21. The number of ether oxygens (including phenoxy) is 3. The highest BCUT2D eigenvalue weighted by molar-refractivity contribution is 7.92. The molecular weight excluding hydrogens is 464 g/mol. The molecule has 34 heavy (non-hydrogen) atoms. The van der Waals surface area contributed by atoms with Crippen LogP contribution in [-0.4, -0.2) is 51.5 Å². The molecule has 0 saturated carbocycles. The molecule has 0 unspecified atom stereocenters. The van der Waals surface area contributed by atoms with E-state index < -0.39 is 10.0 Å². The van der Waals surface area contributed by atoms with E-state index >= 15 is 0 Å². The monoisotopic (exact) mass is 490 g/mol. The maximum atomic E-state index is 12.8. The van der Waals surface area contributed by atoms with Gasteiger partial charge >= 0.3 is 0 Å². The first-order chi connectivity index (χ1) is 16.1. The summed E-state index contributed by atoms with van der Waals surface area (Å²) >= 11 is 0. The standard InChI is InChI=1S/C22H26N4O7S/c1-31-18-8-7-14(10-17(18)25-34(4,29)30)24-21(27)6-5-9-26-13-23-16-12-20(33-3)19(32-2)11-15(16)22(26)28/h7-8,10-13,25H,5-6,9H2,1-4H3,(H,24,27). The molecule has 182 valence electrons. The largest absolute Gasteiger partial charge is 0.495 e. The van der Waals surface area contributed by atoms with E-state index in [1.54, 1.807) is 24.3 Å². The fraction of sp³-hybridized carbons (Fsp3) is 0.318. The third-order valence-corrected chi connectivity index (χ3v) is 5.50. The van der Waals surface area contributed by atoms with Crippen molar-refractivity contribution in [1.82, 2.24) is 9.55 Å². The van der Waals surface area contributed by atoms with Gasteiger partial charge < -0.3 is 19.5 Å². The summed E-state index contributed by atoms with van der Waals surface area (Å²) in [5, 5.41) is 3.10. The average Bonchev–Trinajstić information content (AvgIpc) is 2.79. The molecular formula is C22H26N4O7S. The Morgan fingerprint density at radius 1 is 1.03 bits per heavy atom. The van der Waals surface area contributed by atoms with Crippen LogP contribution in [0.15, 0.2) is 41.5 Å². The number of nitrogens with zero attached hydrogens (tertiary/aromatic N) is 2. The second-order valence-electron chi connectivity index (χ2n) is 7.41. The Bertz CT molecular complexity index is 1370. The van der Waals surface area contributed by atoms with Gasteiger partial charge in [-0.25, -0.2) is 13.4 Å². The zero-order valence-electron chi connectivity index (χ0n) is 19.2. The lowest BCUT2D eigenvalue weighted by atomic mass is 10.2. The van der Waals surface area contributed by atoms with Gasteiger partial charge in [0.25, 0.3) is 5.56 Å². The molecule has 0 spiro atoms. The van der Waals surface area contributed by atoms with Crippen LogP contribution in [0.4, 0.5) is 11.4 Å². The van der Waals surface area contributed by atoms with E-state index in [9.17, 15) is 18.0 Å². The molecule has 1 heterocycles. The van der Waals surface area contributed by atoms with Gasteiger partial charge in [-0.1, -0.05) is 0 Å². The summed E-state index contributed by atoms with van der Waals surface area (Å²) in [5.41, 5.74) is 0.846. The van der Waals surface area contributed by atoms with Gasteiger partial charge in [-0.15, -0.1) is 0 Å². The van der Waals surface area contributed by atoms with E-state index in [1.807, 2.05) is 0 Å². The molecule has 3 rings (SSSR count). The number of carbonyl (C=O) groups is 1. The Morgan fingerprint density at radius 2 is 1.71 bits per heavy atom. The first kappa shape index (κ1) is 24.8. The first-order valence-corrected chi connectivity index (χ1v) is 12.1. The van der Waals surface area contributed by atoms with Gasteiger partial charge in [0.1, 0.15) is 5.75 Å². The van der Waals surface area contributed by atoms with Gasteiger partial charge in [0.15, 0.2) is 11.5 Å². The van der Waals surface area contributed by atoms with E-state index in [-0.39, 0.29) is 30.1 Å². The number of nitrogens with one attached hydrogen (secondary N) is 2. The molecule has 2 N–H and O–H groups in total. The van der Waals surface area contributed by atoms with Crippen LogP contribution in [0.1, 0.15) is 12.8 Å². The number of amides is 1. The quantitative estimate of drug-likeness (QED) is 0.441. The van der Waals surface area contributed by atoms with Crippen molar-refractivity contribution in [3.8, 4) is 17.2 Å². The number of anilines is 2. The molecule has 1 aromatic heterocycles. The van der Waals surface area contributed by atoms with Crippen LogP contribution in [0.2, 0.25) is 0 Å². The number of sulfonamides is 1. The summed E-state index contributed by atoms with van der Waals surface area (Å²) in [5.74, 6) is 0.935. The fourth-order valence-corrected chi connectivity index (χ4v) is 3.90. The van der Waals surface area contributed by atoms with Crippen molar-refractivity contribution in [1.29, 1.82) is 0 Å². The van der Waals surface area contributed by atoms with Crippen molar-refractivity contribution in [2.45, 2.75) is 19.4 Å². The van der Waals surface area contributed by atoms with Crippen molar-refractivity contribution >= 4 is 38.2 Å². The van der Waals surface area contributed by atoms with E-state index in [4.69, 9.17) is 14.2 Å². The van der Waals surface area contributed by atoms with Gasteiger partial charge in [0.05, 0.1) is 50.5 Å². The second-order valence-corrected chi connectivity index (χ2v) is 9.16. The minimum absolute atomic E-state index is 0.136. The van der Waals surface area contributed by atoms with Crippen LogP contribution >= 0.6 is 0 Å². The molecule has 11 nitrogen and oxygen atoms in total. The van der Waals surface area contributed by atoms with Crippen molar-refractivity contribution in [3.05, 3.63) is 47.0 Å². The maximum absolute atomic E-state index is 12.8. The number of rotatable bonds is 10. The van der Waals surface area contributed by atoms with Crippen LogP contribution in [-0.2, 0) is 21.4 Å². The Hall–Kier alpha value is -3.80. The third kappa shape index (κ3) is 5.95. The summed E-state index contributed by atoms with van der Waals surface area (Å²) in [6, 6.07) is 7.83. The zero-order valence-corrected chi connectivity index (χ0v) is 20.1. The molecule has 0 saturated heterocycles.